The van der Waals surface area contributed by atoms with Crippen molar-refractivity contribution in [1.82, 2.24) is 0 Å². The van der Waals surface area contributed by atoms with Gasteiger partial charge in [-0.3, -0.25) is 0 Å². The summed E-state index contributed by atoms with van der Waals surface area (Å²) in [6, 6.07) is 26.1. The maximum absolute atomic E-state index is 6.25. The van der Waals surface area contributed by atoms with Gasteiger partial charge in [-0.2, -0.15) is 0 Å². The zero-order valence-corrected chi connectivity index (χ0v) is 18.4. The fourth-order valence-corrected chi connectivity index (χ4v) is 4.53. The van der Waals surface area contributed by atoms with Crippen LogP contribution < -0.4 is 9.47 Å². The zero-order valence-electron chi connectivity index (χ0n) is 18.4. The summed E-state index contributed by atoms with van der Waals surface area (Å²) in [5.74, 6) is 2.17. The highest BCUT2D eigenvalue weighted by Crippen LogP contribution is 2.49. The first kappa shape index (κ1) is 20.5. The third-order valence-corrected chi connectivity index (χ3v) is 6.34. The van der Waals surface area contributed by atoms with E-state index < -0.39 is 0 Å². The maximum atomic E-state index is 6.25. The number of fused-ring (bicyclic) bond motifs is 1. The van der Waals surface area contributed by atoms with Crippen LogP contribution in [0.2, 0.25) is 0 Å². The third-order valence-electron chi connectivity index (χ3n) is 6.34. The normalized spacial score (nSPS) is 20.3. The molecule has 3 aromatic rings. The topological polar surface area (TPSA) is 18.5 Å². The monoisotopic (exact) mass is 400 g/mol. The van der Waals surface area contributed by atoms with Crippen LogP contribution in [0, 0.1) is 6.92 Å². The molecule has 3 aromatic carbocycles. The van der Waals surface area contributed by atoms with Crippen molar-refractivity contribution in [3.8, 4) is 11.5 Å². The van der Waals surface area contributed by atoms with Crippen molar-refractivity contribution in [3.63, 3.8) is 0 Å². The predicted octanol–water partition coefficient (Wildman–Crippen LogP) is 7.05. The van der Waals surface area contributed by atoms with Crippen LogP contribution in [0.25, 0.3) is 0 Å². The maximum Gasteiger partial charge on any atom is 0.123 e. The Bertz CT molecular complexity index is 959. The Kier molecular flexibility index (Phi) is 6.13. The molecule has 2 atom stereocenters. The van der Waals surface area contributed by atoms with Crippen molar-refractivity contribution in [3.05, 3.63) is 95.1 Å². The van der Waals surface area contributed by atoms with E-state index in [4.69, 9.17) is 9.47 Å². The molecule has 156 valence electrons. The fourth-order valence-electron chi connectivity index (χ4n) is 4.53. The standard InChI is InChI=1S/C28H32O2/c1-4-5-8-19-29-24-17-13-22(14-18-24)27-25-9-6-7-10-26(25)30-20-28(27,3)23-15-11-21(2)12-16-23/h6-7,9-18,27H,4-5,8,19-20H2,1-3H3/t27?,28-/m1/s1. The van der Waals surface area contributed by atoms with Crippen molar-refractivity contribution < 1.29 is 9.47 Å². The number of benzene rings is 3. The molecule has 1 heterocycles. The van der Waals surface area contributed by atoms with E-state index in [-0.39, 0.29) is 11.3 Å². The Morgan fingerprint density at radius 1 is 0.933 bits per heavy atom. The molecule has 1 aliphatic rings. The third kappa shape index (κ3) is 4.09. The van der Waals surface area contributed by atoms with Gasteiger partial charge < -0.3 is 9.47 Å². The SMILES string of the molecule is CCCCCOc1ccc(C2c3ccccc3OC[C@]2(C)c2ccc(C)cc2)cc1. The number of para-hydroxylation sites is 1. The van der Waals surface area contributed by atoms with Gasteiger partial charge in [-0.15, -0.1) is 0 Å². The van der Waals surface area contributed by atoms with E-state index >= 15 is 0 Å². The molecule has 0 aromatic heterocycles. The number of aryl methyl sites for hydroxylation is 1. The summed E-state index contributed by atoms with van der Waals surface area (Å²) in [4.78, 5) is 0. The van der Waals surface area contributed by atoms with Crippen LogP contribution in [0.15, 0.2) is 72.8 Å². The van der Waals surface area contributed by atoms with Gasteiger partial charge in [0.15, 0.2) is 0 Å². The second-order valence-electron chi connectivity index (χ2n) is 8.67. The van der Waals surface area contributed by atoms with Crippen LogP contribution in [-0.2, 0) is 5.41 Å². The van der Waals surface area contributed by atoms with Crippen LogP contribution in [0.3, 0.4) is 0 Å². The number of rotatable bonds is 7. The number of ether oxygens (including phenoxy) is 2. The summed E-state index contributed by atoms with van der Waals surface area (Å²) in [6.07, 6.45) is 3.53. The zero-order chi connectivity index (χ0) is 21.0. The molecule has 0 fully saturated rings. The Morgan fingerprint density at radius 2 is 1.67 bits per heavy atom. The van der Waals surface area contributed by atoms with Crippen molar-refractivity contribution in [2.45, 2.75) is 51.4 Å². The number of unbranched alkanes of at least 4 members (excludes halogenated alkanes) is 2. The van der Waals surface area contributed by atoms with E-state index in [1.807, 2.05) is 0 Å². The average Bonchev–Trinajstić information content (AvgIpc) is 2.78. The van der Waals surface area contributed by atoms with E-state index in [1.165, 1.54) is 35.1 Å². The Labute approximate surface area is 180 Å². The van der Waals surface area contributed by atoms with Gasteiger partial charge in [-0.05, 0) is 42.7 Å². The van der Waals surface area contributed by atoms with Crippen molar-refractivity contribution >= 4 is 0 Å². The average molecular weight is 401 g/mol. The van der Waals surface area contributed by atoms with E-state index in [1.54, 1.807) is 0 Å². The minimum Gasteiger partial charge on any atom is -0.494 e. The molecule has 0 radical (unpaired) electrons. The second kappa shape index (κ2) is 8.95. The fraction of sp³-hybridized carbons (Fsp3) is 0.357. The van der Waals surface area contributed by atoms with Gasteiger partial charge in [0, 0.05) is 16.9 Å². The lowest BCUT2D eigenvalue weighted by atomic mass is 9.65. The van der Waals surface area contributed by atoms with Crippen molar-refractivity contribution in [2.24, 2.45) is 0 Å². The summed E-state index contributed by atoms with van der Waals surface area (Å²) in [7, 11) is 0. The first-order chi connectivity index (χ1) is 14.6. The molecule has 0 aliphatic carbocycles. The molecular weight excluding hydrogens is 368 g/mol. The summed E-state index contributed by atoms with van der Waals surface area (Å²) in [5.41, 5.74) is 5.00. The largest absolute Gasteiger partial charge is 0.494 e. The van der Waals surface area contributed by atoms with E-state index in [9.17, 15) is 0 Å². The highest BCUT2D eigenvalue weighted by molar-refractivity contribution is 5.51. The summed E-state index contributed by atoms with van der Waals surface area (Å²) in [5, 5.41) is 0. The molecular formula is C28H32O2. The summed E-state index contributed by atoms with van der Waals surface area (Å²) in [6.45, 7) is 8.12. The summed E-state index contributed by atoms with van der Waals surface area (Å²) < 4.78 is 12.2. The molecule has 0 saturated carbocycles. The van der Waals surface area contributed by atoms with Crippen LogP contribution in [-0.4, -0.2) is 13.2 Å². The Morgan fingerprint density at radius 3 is 2.40 bits per heavy atom. The lowest BCUT2D eigenvalue weighted by Crippen LogP contribution is -2.40. The van der Waals surface area contributed by atoms with Crippen LogP contribution in [0.5, 0.6) is 11.5 Å². The minimum atomic E-state index is -0.147. The number of hydrogen-bond donors (Lipinski definition) is 0. The molecule has 4 rings (SSSR count). The quantitative estimate of drug-likeness (QED) is 0.396. The van der Waals surface area contributed by atoms with E-state index in [0.717, 1.165) is 24.5 Å². The molecule has 2 heteroatoms. The molecule has 1 aliphatic heterocycles. The lowest BCUT2D eigenvalue weighted by Gasteiger charge is -2.43. The van der Waals surface area contributed by atoms with Gasteiger partial charge in [-0.1, -0.05) is 86.8 Å². The number of hydrogen-bond acceptors (Lipinski definition) is 2. The van der Waals surface area contributed by atoms with Gasteiger partial charge in [0.25, 0.3) is 0 Å². The highest BCUT2D eigenvalue weighted by atomic mass is 16.5. The molecule has 0 N–H and O–H groups in total. The van der Waals surface area contributed by atoms with Gasteiger partial charge in [0.2, 0.25) is 0 Å². The van der Waals surface area contributed by atoms with Crippen molar-refractivity contribution in [2.75, 3.05) is 13.2 Å². The molecule has 0 bridgehead atoms. The molecule has 30 heavy (non-hydrogen) atoms. The lowest BCUT2D eigenvalue weighted by molar-refractivity contribution is 0.183. The van der Waals surface area contributed by atoms with Crippen molar-refractivity contribution in [1.29, 1.82) is 0 Å². The molecule has 0 saturated heterocycles. The minimum absolute atomic E-state index is 0.147. The highest BCUT2D eigenvalue weighted by Gasteiger charge is 2.43. The molecule has 0 spiro atoms. The van der Waals surface area contributed by atoms with Gasteiger partial charge >= 0.3 is 0 Å². The Hall–Kier alpha value is -2.74. The molecule has 0 amide bonds. The first-order valence-electron chi connectivity index (χ1n) is 11.1. The summed E-state index contributed by atoms with van der Waals surface area (Å²) >= 11 is 0. The van der Waals surface area contributed by atoms with Gasteiger partial charge in [0.1, 0.15) is 11.5 Å². The van der Waals surface area contributed by atoms with E-state index in [2.05, 4.69) is 93.6 Å². The Balaban J connectivity index is 1.69. The van der Waals surface area contributed by atoms with E-state index in [0.29, 0.717) is 6.61 Å². The van der Waals surface area contributed by atoms with Crippen LogP contribution in [0.4, 0.5) is 0 Å². The molecule has 1 unspecified atom stereocenters. The molecule has 2 nitrogen and oxygen atoms in total. The van der Waals surface area contributed by atoms with Crippen LogP contribution >= 0.6 is 0 Å². The van der Waals surface area contributed by atoms with Crippen LogP contribution in [0.1, 0.15) is 61.3 Å². The predicted molar refractivity (Wildman–Crippen MR) is 124 cm³/mol. The first-order valence-corrected chi connectivity index (χ1v) is 11.1. The van der Waals surface area contributed by atoms with Gasteiger partial charge in [0.05, 0.1) is 13.2 Å². The smallest absolute Gasteiger partial charge is 0.123 e. The second-order valence-corrected chi connectivity index (χ2v) is 8.67. The van der Waals surface area contributed by atoms with Gasteiger partial charge in [-0.25, -0.2) is 0 Å².